The summed E-state index contributed by atoms with van der Waals surface area (Å²) in [6.45, 7) is 5.74. The summed E-state index contributed by atoms with van der Waals surface area (Å²) in [4.78, 5) is 13.7. The van der Waals surface area contributed by atoms with Crippen LogP contribution in [0.1, 0.15) is 26.7 Å². The van der Waals surface area contributed by atoms with Crippen molar-refractivity contribution in [3.63, 3.8) is 0 Å². The van der Waals surface area contributed by atoms with Crippen LogP contribution in [0.15, 0.2) is 11.6 Å². The van der Waals surface area contributed by atoms with Gasteiger partial charge in [-0.1, -0.05) is 5.57 Å². The minimum Gasteiger partial charge on any atom is -0.335 e. The summed E-state index contributed by atoms with van der Waals surface area (Å²) in [5.41, 5.74) is 1.07. The molecule has 0 aromatic rings. The normalized spacial score (nSPS) is 21.1. The monoisotopic (exact) mass is 196 g/mol. The summed E-state index contributed by atoms with van der Waals surface area (Å²) in [7, 11) is 1.93. The maximum atomic E-state index is 11.8. The number of carbonyl (C=O) groups is 1. The van der Waals surface area contributed by atoms with Gasteiger partial charge < -0.3 is 10.2 Å². The van der Waals surface area contributed by atoms with Gasteiger partial charge in [0, 0.05) is 25.2 Å². The molecule has 0 radical (unpaired) electrons. The molecule has 0 spiro atoms. The average molecular weight is 196 g/mol. The van der Waals surface area contributed by atoms with Crippen molar-refractivity contribution < 1.29 is 4.79 Å². The van der Waals surface area contributed by atoms with Gasteiger partial charge in [-0.25, -0.2) is 0 Å². The van der Waals surface area contributed by atoms with E-state index in [1.165, 1.54) is 0 Å². The van der Waals surface area contributed by atoms with Crippen LogP contribution in [0.3, 0.4) is 0 Å². The fourth-order valence-electron chi connectivity index (χ4n) is 1.90. The molecule has 0 aliphatic carbocycles. The number of amides is 1. The van der Waals surface area contributed by atoms with Crippen molar-refractivity contribution >= 4 is 5.91 Å². The first kappa shape index (κ1) is 11.2. The first-order valence-corrected chi connectivity index (χ1v) is 5.25. The van der Waals surface area contributed by atoms with Crippen LogP contribution in [0.5, 0.6) is 0 Å². The molecule has 3 heteroatoms. The van der Waals surface area contributed by atoms with Crippen LogP contribution in [-0.2, 0) is 4.79 Å². The number of allylic oxidation sites excluding steroid dienone is 1. The Morgan fingerprint density at radius 1 is 1.57 bits per heavy atom. The topological polar surface area (TPSA) is 32.3 Å². The predicted molar refractivity (Wildman–Crippen MR) is 58.1 cm³/mol. The van der Waals surface area contributed by atoms with E-state index in [4.69, 9.17) is 0 Å². The number of hydrogen-bond acceptors (Lipinski definition) is 2. The first-order chi connectivity index (χ1) is 6.65. The van der Waals surface area contributed by atoms with Gasteiger partial charge >= 0.3 is 0 Å². The summed E-state index contributed by atoms with van der Waals surface area (Å²) in [6, 6.07) is 0.392. The van der Waals surface area contributed by atoms with Crippen LogP contribution in [-0.4, -0.2) is 37.0 Å². The predicted octanol–water partition coefficient (Wildman–Crippen LogP) is 1.16. The number of nitrogens with one attached hydrogen (secondary N) is 1. The Morgan fingerprint density at radius 2 is 2.29 bits per heavy atom. The Balaban J connectivity index is 2.57. The van der Waals surface area contributed by atoms with Crippen LogP contribution in [0.2, 0.25) is 0 Å². The lowest BCUT2D eigenvalue weighted by molar-refractivity contribution is -0.126. The van der Waals surface area contributed by atoms with Crippen molar-refractivity contribution in [1.29, 1.82) is 0 Å². The molecule has 80 valence electrons. The van der Waals surface area contributed by atoms with Crippen molar-refractivity contribution in [2.45, 2.75) is 32.7 Å². The van der Waals surface area contributed by atoms with Crippen LogP contribution in [0.4, 0.5) is 0 Å². The highest BCUT2D eigenvalue weighted by atomic mass is 16.2. The number of hydrogen-bond donors (Lipinski definition) is 1. The minimum atomic E-state index is 0.169. The van der Waals surface area contributed by atoms with Crippen LogP contribution in [0, 0.1) is 0 Å². The lowest BCUT2D eigenvalue weighted by Crippen LogP contribution is -2.40. The first-order valence-electron chi connectivity index (χ1n) is 5.25. The SMILES string of the molecule is CNCC1CCCN1C(=O)C=C(C)C. The number of likely N-dealkylation sites (N-methyl/N-ethyl adjacent to an activating group) is 1. The van der Waals surface area contributed by atoms with Gasteiger partial charge in [-0.2, -0.15) is 0 Å². The van der Waals surface area contributed by atoms with Crippen LogP contribution >= 0.6 is 0 Å². The highest BCUT2D eigenvalue weighted by Gasteiger charge is 2.26. The Bertz CT molecular complexity index is 231. The molecule has 0 aromatic heterocycles. The summed E-state index contributed by atoms with van der Waals surface area (Å²) < 4.78 is 0. The molecule has 1 rings (SSSR count). The minimum absolute atomic E-state index is 0.169. The van der Waals surface area contributed by atoms with Gasteiger partial charge in [0.05, 0.1) is 0 Å². The molecular formula is C11H20N2O. The third-order valence-corrected chi connectivity index (χ3v) is 2.51. The molecule has 1 N–H and O–H groups in total. The molecule has 1 aliphatic rings. The molecule has 1 heterocycles. The average Bonchev–Trinajstić information content (AvgIpc) is 2.51. The molecular weight excluding hydrogens is 176 g/mol. The molecule has 1 amide bonds. The standard InChI is InChI=1S/C11H20N2O/c1-9(2)7-11(14)13-6-4-5-10(13)8-12-3/h7,10,12H,4-6,8H2,1-3H3. The number of carbonyl (C=O) groups excluding carboxylic acids is 1. The second-order valence-corrected chi connectivity index (χ2v) is 4.11. The third-order valence-electron chi connectivity index (χ3n) is 2.51. The third kappa shape index (κ3) is 2.84. The van der Waals surface area contributed by atoms with Crippen molar-refractivity contribution in [3.05, 3.63) is 11.6 Å². The Labute approximate surface area is 86.2 Å². The molecule has 0 aromatic carbocycles. The zero-order valence-corrected chi connectivity index (χ0v) is 9.34. The van der Waals surface area contributed by atoms with Crippen molar-refractivity contribution in [2.24, 2.45) is 0 Å². The van der Waals surface area contributed by atoms with Gasteiger partial charge in [-0.15, -0.1) is 0 Å². The second kappa shape index (κ2) is 5.15. The van der Waals surface area contributed by atoms with E-state index in [0.717, 1.165) is 31.5 Å². The van der Waals surface area contributed by atoms with Gasteiger partial charge in [-0.3, -0.25) is 4.79 Å². The summed E-state index contributed by atoms with van der Waals surface area (Å²) >= 11 is 0. The molecule has 1 unspecified atom stereocenters. The maximum Gasteiger partial charge on any atom is 0.246 e. The van der Waals surface area contributed by atoms with Gasteiger partial charge in [-0.05, 0) is 33.7 Å². The largest absolute Gasteiger partial charge is 0.335 e. The molecule has 14 heavy (non-hydrogen) atoms. The van der Waals surface area contributed by atoms with Crippen molar-refractivity contribution in [1.82, 2.24) is 10.2 Å². The molecule has 1 fully saturated rings. The van der Waals surface area contributed by atoms with Crippen LogP contribution < -0.4 is 5.32 Å². The van der Waals surface area contributed by atoms with E-state index in [1.807, 2.05) is 25.8 Å². The Morgan fingerprint density at radius 3 is 2.86 bits per heavy atom. The highest BCUT2D eigenvalue weighted by Crippen LogP contribution is 2.17. The van der Waals surface area contributed by atoms with E-state index in [9.17, 15) is 4.79 Å². The fraction of sp³-hybridized carbons (Fsp3) is 0.727. The van der Waals surface area contributed by atoms with Crippen molar-refractivity contribution in [2.75, 3.05) is 20.1 Å². The van der Waals surface area contributed by atoms with Crippen molar-refractivity contribution in [3.8, 4) is 0 Å². The lowest BCUT2D eigenvalue weighted by atomic mass is 10.2. The lowest BCUT2D eigenvalue weighted by Gasteiger charge is -2.23. The zero-order chi connectivity index (χ0) is 10.6. The summed E-state index contributed by atoms with van der Waals surface area (Å²) in [5, 5.41) is 3.13. The van der Waals surface area contributed by atoms with E-state index < -0.39 is 0 Å². The maximum absolute atomic E-state index is 11.8. The van der Waals surface area contributed by atoms with E-state index >= 15 is 0 Å². The summed E-state index contributed by atoms with van der Waals surface area (Å²) in [5.74, 6) is 0.169. The molecule has 0 bridgehead atoms. The van der Waals surface area contributed by atoms with Gasteiger partial charge in [0.15, 0.2) is 0 Å². The molecule has 1 aliphatic heterocycles. The number of nitrogens with zero attached hydrogens (tertiary/aromatic N) is 1. The number of likely N-dealkylation sites (tertiary alicyclic amines) is 1. The quantitative estimate of drug-likeness (QED) is 0.687. The highest BCUT2D eigenvalue weighted by molar-refractivity contribution is 5.88. The Hall–Kier alpha value is -0.830. The van der Waals surface area contributed by atoms with Gasteiger partial charge in [0.25, 0.3) is 0 Å². The van der Waals surface area contributed by atoms with E-state index in [-0.39, 0.29) is 5.91 Å². The van der Waals surface area contributed by atoms with Gasteiger partial charge in [0.1, 0.15) is 0 Å². The van der Waals surface area contributed by atoms with Gasteiger partial charge in [0.2, 0.25) is 5.91 Å². The number of rotatable bonds is 3. The molecule has 0 saturated carbocycles. The Kier molecular flexibility index (Phi) is 4.14. The molecule has 3 nitrogen and oxygen atoms in total. The smallest absolute Gasteiger partial charge is 0.246 e. The molecule has 1 atom stereocenters. The van der Waals surface area contributed by atoms with E-state index in [2.05, 4.69) is 5.32 Å². The van der Waals surface area contributed by atoms with E-state index in [0.29, 0.717) is 6.04 Å². The second-order valence-electron chi connectivity index (χ2n) is 4.11. The molecule has 1 saturated heterocycles. The van der Waals surface area contributed by atoms with Crippen LogP contribution in [0.25, 0.3) is 0 Å². The zero-order valence-electron chi connectivity index (χ0n) is 9.34. The van der Waals surface area contributed by atoms with E-state index in [1.54, 1.807) is 6.08 Å². The summed E-state index contributed by atoms with van der Waals surface area (Å²) in [6.07, 6.45) is 3.99. The fourth-order valence-corrected chi connectivity index (χ4v) is 1.90.